The third kappa shape index (κ3) is 5.51. The standard InChI is InChI=1S/C15H18N4O2.2ClH/c20-15(9-13-10-21-8-6-17-13)18-12-1-3-14(4-2-12)19-7-5-16-11-19;;/h1-5,7,11,13,17H,6,8-10H2,(H,18,20);2*1H. The topological polar surface area (TPSA) is 68.2 Å². The summed E-state index contributed by atoms with van der Waals surface area (Å²) in [7, 11) is 0. The van der Waals surface area contributed by atoms with Gasteiger partial charge >= 0.3 is 0 Å². The first kappa shape index (κ1) is 19.4. The van der Waals surface area contributed by atoms with E-state index in [0.717, 1.165) is 17.9 Å². The molecule has 1 aliphatic heterocycles. The van der Waals surface area contributed by atoms with E-state index in [-0.39, 0.29) is 36.8 Å². The Morgan fingerprint density at radius 2 is 2.13 bits per heavy atom. The number of hydrogen-bond acceptors (Lipinski definition) is 4. The number of morpholine rings is 1. The Morgan fingerprint density at radius 3 is 2.74 bits per heavy atom. The van der Waals surface area contributed by atoms with Crippen LogP contribution in [0.1, 0.15) is 6.42 Å². The Balaban J connectivity index is 0.00000132. The van der Waals surface area contributed by atoms with Gasteiger partial charge in [0.05, 0.1) is 19.5 Å². The van der Waals surface area contributed by atoms with Crippen LogP contribution >= 0.6 is 24.8 Å². The van der Waals surface area contributed by atoms with Gasteiger partial charge in [0.2, 0.25) is 5.91 Å². The minimum absolute atomic E-state index is 0. The number of nitrogens with one attached hydrogen (secondary N) is 2. The molecule has 23 heavy (non-hydrogen) atoms. The Labute approximate surface area is 147 Å². The van der Waals surface area contributed by atoms with Gasteiger partial charge in [-0.2, -0.15) is 0 Å². The van der Waals surface area contributed by atoms with E-state index >= 15 is 0 Å². The lowest BCUT2D eigenvalue weighted by atomic mass is 10.2. The minimum atomic E-state index is -0.00613. The summed E-state index contributed by atoms with van der Waals surface area (Å²) >= 11 is 0. The van der Waals surface area contributed by atoms with Gasteiger partial charge in [-0.25, -0.2) is 4.98 Å². The van der Waals surface area contributed by atoms with Crippen LogP contribution in [-0.2, 0) is 9.53 Å². The van der Waals surface area contributed by atoms with Gasteiger partial charge in [0.15, 0.2) is 0 Å². The molecule has 126 valence electrons. The summed E-state index contributed by atoms with van der Waals surface area (Å²) in [4.78, 5) is 16.0. The number of aromatic nitrogens is 2. The van der Waals surface area contributed by atoms with Gasteiger partial charge in [-0.3, -0.25) is 4.79 Å². The lowest BCUT2D eigenvalue weighted by molar-refractivity contribution is -0.117. The van der Waals surface area contributed by atoms with Crippen LogP contribution in [0.3, 0.4) is 0 Å². The van der Waals surface area contributed by atoms with Crippen molar-refractivity contribution < 1.29 is 9.53 Å². The zero-order chi connectivity index (χ0) is 14.5. The van der Waals surface area contributed by atoms with Crippen molar-refractivity contribution in [3.63, 3.8) is 0 Å². The van der Waals surface area contributed by atoms with Crippen LogP contribution in [0.2, 0.25) is 0 Å². The van der Waals surface area contributed by atoms with Crippen molar-refractivity contribution >= 4 is 36.4 Å². The van der Waals surface area contributed by atoms with Gasteiger partial charge in [-0.05, 0) is 24.3 Å². The van der Waals surface area contributed by atoms with Crippen molar-refractivity contribution in [3.05, 3.63) is 43.0 Å². The summed E-state index contributed by atoms with van der Waals surface area (Å²) in [6.07, 6.45) is 5.77. The molecule has 1 aromatic carbocycles. The zero-order valence-corrected chi connectivity index (χ0v) is 14.1. The van der Waals surface area contributed by atoms with Gasteiger partial charge in [0.25, 0.3) is 0 Å². The SMILES string of the molecule is Cl.Cl.O=C(CC1COCCN1)Nc1ccc(-n2ccnc2)cc1. The number of anilines is 1. The van der Waals surface area contributed by atoms with E-state index in [4.69, 9.17) is 4.74 Å². The van der Waals surface area contributed by atoms with Crippen LogP contribution in [0.5, 0.6) is 0 Å². The van der Waals surface area contributed by atoms with Crippen molar-refractivity contribution in [2.45, 2.75) is 12.5 Å². The molecule has 2 N–H and O–H groups in total. The minimum Gasteiger partial charge on any atom is -0.378 e. The first-order valence-electron chi connectivity index (χ1n) is 7.00. The normalized spacial score (nSPS) is 16.8. The van der Waals surface area contributed by atoms with E-state index in [9.17, 15) is 4.79 Å². The number of carbonyl (C=O) groups is 1. The van der Waals surface area contributed by atoms with Crippen LogP contribution in [0.15, 0.2) is 43.0 Å². The van der Waals surface area contributed by atoms with Gasteiger partial charge in [-0.15, -0.1) is 24.8 Å². The molecule has 1 fully saturated rings. The van der Waals surface area contributed by atoms with Crippen LogP contribution in [0.25, 0.3) is 5.69 Å². The monoisotopic (exact) mass is 358 g/mol. The molecule has 0 saturated carbocycles. The van der Waals surface area contributed by atoms with E-state index in [0.29, 0.717) is 19.6 Å². The molecule has 1 aliphatic rings. The third-order valence-electron chi connectivity index (χ3n) is 3.38. The van der Waals surface area contributed by atoms with Crippen LogP contribution in [-0.4, -0.2) is 41.3 Å². The number of benzene rings is 1. The number of rotatable bonds is 4. The van der Waals surface area contributed by atoms with Crippen molar-refractivity contribution in [2.75, 3.05) is 25.1 Å². The van der Waals surface area contributed by atoms with E-state index < -0.39 is 0 Å². The van der Waals surface area contributed by atoms with Gasteiger partial charge in [-0.1, -0.05) is 0 Å². The van der Waals surface area contributed by atoms with E-state index in [1.54, 1.807) is 12.5 Å². The molecular formula is C15H20Cl2N4O2. The van der Waals surface area contributed by atoms with Crippen LogP contribution in [0, 0.1) is 0 Å². The quantitative estimate of drug-likeness (QED) is 0.877. The molecular weight excluding hydrogens is 339 g/mol. The lowest BCUT2D eigenvalue weighted by Gasteiger charge is -2.23. The molecule has 8 heteroatoms. The van der Waals surface area contributed by atoms with Crippen molar-refractivity contribution in [2.24, 2.45) is 0 Å². The molecule has 2 aromatic rings. The molecule has 0 radical (unpaired) electrons. The second kappa shape index (κ2) is 9.52. The summed E-state index contributed by atoms with van der Waals surface area (Å²) < 4.78 is 7.25. The molecule has 6 nitrogen and oxygen atoms in total. The molecule has 2 heterocycles. The number of amides is 1. The highest BCUT2D eigenvalue weighted by atomic mass is 35.5. The fraction of sp³-hybridized carbons (Fsp3) is 0.333. The molecule has 1 saturated heterocycles. The maximum atomic E-state index is 12.0. The largest absolute Gasteiger partial charge is 0.378 e. The lowest BCUT2D eigenvalue weighted by Crippen LogP contribution is -2.43. The van der Waals surface area contributed by atoms with Crippen LogP contribution < -0.4 is 10.6 Å². The zero-order valence-electron chi connectivity index (χ0n) is 12.5. The summed E-state index contributed by atoms with van der Waals surface area (Å²) in [5.74, 6) is -0.00613. The molecule has 1 aromatic heterocycles. The van der Waals surface area contributed by atoms with Crippen molar-refractivity contribution in [1.29, 1.82) is 0 Å². The second-order valence-corrected chi connectivity index (χ2v) is 5.00. The summed E-state index contributed by atoms with van der Waals surface area (Å²) in [6, 6.07) is 7.76. The number of imidazole rings is 1. The highest BCUT2D eigenvalue weighted by Crippen LogP contribution is 2.13. The Kier molecular flexibility index (Phi) is 8.05. The van der Waals surface area contributed by atoms with Crippen molar-refractivity contribution in [3.8, 4) is 5.69 Å². The fourth-order valence-electron chi connectivity index (χ4n) is 2.32. The molecule has 0 bridgehead atoms. The molecule has 1 unspecified atom stereocenters. The molecule has 0 spiro atoms. The van der Waals surface area contributed by atoms with Gasteiger partial charge < -0.3 is 19.9 Å². The van der Waals surface area contributed by atoms with Crippen molar-refractivity contribution in [1.82, 2.24) is 14.9 Å². The average molecular weight is 359 g/mol. The maximum absolute atomic E-state index is 12.0. The van der Waals surface area contributed by atoms with E-state index in [1.165, 1.54) is 0 Å². The first-order valence-corrected chi connectivity index (χ1v) is 7.00. The molecule has 1 atom stereocenters. The molecule has 0 aliphatic carbocycles. The average Bonchev–Trinajstić information content (AvgIpc) is 3.03. The summed E-state index contributed by atoms with van der Waals surface area (Å²) in [6.45, 7) is 2.11. The van der Waals surface area contributed by atoms with E-state index in [2.05, 4.69) is 15.6 Å². The molecule has 3 rings (SSSR count). The van der Waals surface area contributed by atoms with E-state index in [1.807, 2.05) is 35.0 Å². The number of hydrogen-bond donors (Lipinski definition) is 2. The Hall–Kier alpha value is -1.60. The number of halogens is 2. The van der Waals surface area contributed by atoms with Gasteiger partial charge in [0.1, 0.15) is 0 Å². The number of ether oxygens (including phenoxy) is 1. The Morgan fingerprint density at radius 1 is 1.35 bits per heavy atom. The predicted octanol–water partition coefficient (Wildman–Crippen LogP) is 2.03. The number of nitrogens with zero attached hydrogens (tertiary/aromatic N) is 2. The maximum Gasteiger partial charge on any atom is 0.226 e. The summed E-state index contributed by atoms with van der Waals surface area (Å²) in [5, 5.41) is 6.17. The summed E-state index contributed by atoms with van der Waals surface area (Å²) in [5.41, 5.74) is 1.80. The fourth-order valence-corrected chi connectivity index (χ4v) is 2.32. The third-order valence-corrected chi connectivity index (χ3v) is 3.38. The highest BCUT2D eigenvalue weighted by Gasteiger charge is 2.16. The second-order valence-electron chi connectivity index (χ2n) is 5.00. The highest BCUT2D eigenvalue weighted by molar-refractivity contribution is 5.91. The number of carbonyl (C=O) groups excluding carboxylic acids is 1. The Bertz CT molecular complexity index is 584. The predicted molar refractivity (Wildman–Crippen MR) is 93.9 cm³/mol. The van der Waals surface area contributed by atoms with Gasteiger partial charge in [0, 0.05) is 42.8 Å². The molecule has 1 amide bonds. The van der Waals surface area contributed by atoms with Crippen LogP contribution in [0.4, 0.5) is 5.69 Å². The first-order chi connectivity index (χ1) is 10.3. The smallest absolute Gasteiger partial charge is 0.226 e.